The zero-order valence-corrected chi connectivity index (χ0v) is 13.7. The van der Waals surface area contributed by atoms with E-state index >= 15 is 0 Å². The Hall–Kier alpha value is -3.20. The molecule has 0 bridgehead atoms. The van der Waals surface area contributed by atoms with Gasteiger partial charge in [0.15, 0.2) is 0 Å². The van der Waals surface area contributed by atoms with Gasteiger partial charge < -0.3 is 4.98 Å². The number of nitrogens with one attached hydrogen (secondary N) is 1. The Morgan fingerprint density at radius 2 is 1.64 bits per heavy atom. The lowest BCUT2D eigenvalue weighted by Gasteiger charge is -2.09. The molecule has 0 unspecified atom stereocenters. The Bertz CT molecular complexity index is 1250. The summed E-state index contributed by atoms with van der Waals surface area (Å²) in [7, 11) is 0. The minimum atomic E-state index is -0.237. The van der Waals surface area contributed by atoms with Gasteiger partial charge in [0, 0.05) is 33.4 Å². The van der Waals surface area contributed by atoms with Crippen molar-refractivity contribution in [3.8, 4) is 11.3 Å². The maximum Gasteiger partial charge on any atom is 0.123 e. The van der Waals surface area contributed by atoms with E-state index in [-0.39, 0.29) is 5.82 Å². The molecular formula is C22H15FN2. The van der Waals surface area contributed by atoms with Crippen molar-refractivity contribution >= 4 is 32.6 Å². The molecule has 3 heteroatoms. The quantitative estimate of drug-likeness (QED) is 0.403. The summed E-state index contributed by atoms with van der Waals surface area (Å²) in [5.41, 5.74) is 5.30. The van der Waals surface area contributed by atoms with Gasteiger partial charge in [-0.15, -0.1) is 0 Å². The number of rotatable bonds is 1. The lowest BCUT2D eigenvalue weighted by molar-refractivity contribution is 0.628. The number of hydrogen-bond acceptors (Lipinski definition) is 1. The number of fused-ring (bicyclic) bond motifs is 4. The molecule has 2 aromatic heterocycles. The number of aryl methyl sites for hydroxylation is 1. The van der Waals surface area contributed by atoms with Gasteiger partial charge in [-0.3, -0.25) is 4.98 Å². The molecule has 5 rings (SSSR count). The highest BCUT2D eigenvalue weighted by Crippen LogP contribution is 2.36. The first-order valence-corrected chi connectivity index (χ1v) is 8.27. The topological polar surface area (TPSA) is 28.7 Å². The number of nitrogens with zero attached hydrogens (tertiary/aromatic N) is 1. The summed E-state index contributed by atoms with van der Waals surface area (Å²) in [5.74, 6) is -0.237. The lowest BCUT2D eigenvalue weighted by Crippen LogP contribution is -1.89. The number of H-pyrrole nitrogens is 1. The maximum atomic E-state index is 13.3. The lowest BCUT2D eigenvalue weighted by atomic mass is 9.98. The summed E-state index contributed by atoms with van der Waals surface area (Å²) < 4.78 is 13.3. The molecular weight excluding hydrogens is 311 g/mol. The van der Waals surface area contributed by atoms with Gasteiger partial charge in [0.1, 0.15) is 5.82 Å². The Labute approximate surface area is 143 Å². The average molecular weight is 326 g/mol. The zero-order valence-electron chi connectivity index (χ0n) is 13.7. The average Bonchev–Trinajstić information content (AvgIpc) is 3.02. The molecule has 2 heterocycles. The van der Waals surface area contributed by atoms with Gasteiger partial charge in [-0.2, -0.15) is 0 Å². The van der Waals surface area contributed by atoms with Crippen LogP contribution in [0.3, 0.4) is 0 Å². The molecule has 0 aliphatic carbocycles. The van der Waals surface area contributed by atoms with Crippen LogP contribution in [0.2, 0.25) is 0 Å². The first kappa shape index (κ1) is 14.2. The molecule has 0 aliphatic rings. The number of aromatic amines is 1. The van der Waals surface area contributed by atoms with Crippen LogP contribution in [0.4, 0.5) is 4.39 Å². The summed E-state index contributed by atoms with van der Waals surface area (Å²) in [6, 6.07) is 19.1. The Balaban J connectivity index is 1.93. The minimum absolute atomic E-state index is 0.237. The smallest absolute Gasteiger partial charge is 0.123 e. The standard InChI is InChI=1S/C22H15FN2/c1-13-16-10-11-24-22(14-6-8-15(23)9-7-14)18(16)12-19-17-4-2-3-5-20(17)25-21(13)19/h2-12,25H,1H3. The summed E-state index contributed by atoms with van der Waals surface area (Å²) in [6.07, 6.45) is 1.82. The first-order valence-electron chi connectivity index (χ1n) is 8.27. The molecule has 1 N–H and O–H groups in total. The highest BCUT2D eigenvalue weighted by atomic mass is 19.1. The molecule has 0 spiro atoms. The van der Waals surface area contributed by atoms with Gasteiger partial charge in [-0.25, -0.2) is 4.39 Å². The van der Waals surface area contributed by atoms with E-state index in [0.29, 0.717) is 0 Å². The number of benzene rings is 3. The number of aromatic nitrogens is 2. The highest BCUT2D eigenvalue weighted by Gasteiger charge is 2.13. The second-order valence-corrected chi connectivity index (χ2v) is 6.36. The van der Waals surface area contributed by atoms with Gasteiger partial charge in [0.05, 0.1) is 11.2 Å². The Kier molecular flexibility index (Phi) is 2.92. The van der Waals surface area contributed by atoms with E-state index in [4.69, 9.17) is 0 Å². The van der Waals surface area contributed by atoms with Crippen molar-refractivity contribution in [3.05, 3.63) is 78.2 Å². The van der Waals surface area contributed by atoms with Crippen LogP contribution in [0.1, 0.15) is 5.56 Å². The Morgan fingerprint density at radius 3 is 2.48 bits per heavy atom. The van der Waals surface area contributed by atoms with E-state index in [1.54, 1.807) is 12.1 Å². The van der Waals surface area contributed by atoms with E-state index < -0.39 is 0 Å². The van der Waals surface area contributed by atoms with Gasteiger partial charge >= 0.3 is 0 Å². The third-order valence-electron chi connectivity index (χ3n) is 4.92. The molecule has 2 nitrogen and oxygen atoms in total. The molecule has 120 valence electrons. The largest absolute Gasteiger partial charge is 0.354 e. The van der Waals surface area contributed by atoms with Crippen LogP contribution in [0.25, 0.3) is 43.8 Å². The predicted octanol–water partition coefficient (Wildman–Crippen LogP) is 5.98. The minimum Gasteiger partial charge on any atom is -0.354 e. The van der Waals surface area contributed by atoms with Crippen LogP contribution in [-0.2, 0) is 0 Å². The molecule has 0 aliphatic heterocycles. The summed E-state index contributed by atoms with van der Waals surface area (Å²) >= 11 is 0. The molecule has 0 fully saturated rings. The van der Waals surface area contributed by atoms with Gasteiger partial charge in [-0.1, -0.05) is 18.2 Å². The molecule has 0 saturated heterocycles. The van der Waals surface area contributed by atoms with Crippen molar-refractivity contribution in [2.75, 3.05) is 0 Å². The number of para-hydroxylation sites is 1. The third-order valence-corrected chi connectivity index (χ3v) is 4.92. The SMILES string of the molecule is Cc1c2ccnc(-c3ccc(F)cc3)c2cc2c1[nH]c1ccccc12. The van der Waals surface area contributed by atoms with Crippen molar-refractivity contribution in [3.63, 3.8) is 0 Å². The second kappa shape index (κ2) is 5.15. The fourth-order valence-electron chi connectivity index (χ4n) is 3.67. The van der Waals surface area contributed by atoms with E-state index in [9.17, 15) is 4.39 Å². The van der Waals surface area contributed by atoms with Crippen molar-refractivity contribution in [2.45, 2.75) is 6.92 Å². The molecule has 0 atom stereocenters. The number of hydrogen-bond donors (Lipinski definition) is 1. The van der Waals surface area contributed by atoms with Crippen molar-refractivity contribution < 1.29 is 4.39 Å². The van der Waals surface area contributed by atoms with E-state index in [1.807, 2.05) is 18.3 Å². The summed E-state index contributed by atoms with van der Waals surface area (Å²) in [6.45, 7) is 2.13. The van der Waals surface area contributed by atoms with Crippen molar-refractivity contribution in [1.29, 1.82) is 0 Å². The Morgan fingerprint density at radius 1 is 0.840 bits per heavy atom. The zero-order chi connectivity index (χ0) is 17.0. The predicted molar refractivity (Wildman–Crippen MR) is 101 cm³/mol. The maximum absolute atomic E-state index is 13.3. The highest BCUT2D eigenvalue weighted by molar-refractivity contribution is 6.15. The summed E-state index contributed by atoms with van der Waals surface area (Å²) in [5, 5.41) is 4.64. The monoisotopic (exact) mass is 326 g/mol. The number of pyridine rings is 1. The van der Waals surface area contributed by atoms with Crippen molar-refractivity contribution in [1.82, 2.24) is 9.97 Å². The van der Waals surface area contributed by atoms with Crippen LogP contribution < -0.4 is 0 Å². The molecule has 0 saturated carbocycles. The van der Waals surface area contributed by atoms with Crippen LogP contribution in [0, 0.1) is 12.7 Å². The molecule has 3 aromatic carbocycles. The van der Waals surface area contributed by atoms with E-state index in [2.05, 4.69) is 41.2 Å². The molecule has 25 heavy (non-hydrogen) atoms. The van der Waals surface area contributed by atoms with Gasteiger partial charge in [-0.05, 0) is 60.3 Å². The van der Waals surface area contributed by atoms with Crippen molar-refractivity contribution in [2.24, 2.45) is 0 Å². The van der Waals surface area contributed by atoms with Crippen LogP contribution in [0.15, 0.2) is 66.9 Å². The van der Waals surface area contributed by atoms with Gasteiger partial charge in [0.25, 0.3) is 0 Å². The third kappa shape index (κ3) is 2.06. The molecule has 5 aromatic rings. The first-order chi connectivity index (χ1) is 12.2. The second-order valence-electron chi connectivity index (χ2n) is 6.36. The van der Waals surface area contributed by atoms with Crippen LogP contribution in [0.5, 0.6) is 0 Å². The van der Waals surface area contributed by atoms with Crippen LogP contribution >= 0.6 is 0 Å². The fraction of sp³-hybridized carbons (Fsp3) is 0.0455. The molecule has 0 amide bonds. The number of halogens is 1. The van der Waals surface area contributed by atoms with E-state index in [0.717, 1.165) is 33.1 Å². The molecule has 0 radical (unpaired) electrons. The van der Waals surface area contributed by atoms with Crippen LogP contribution in [-0.4, -0.2) is 9.97 Å². The van der Waals surface area contributed by atoms with E-state index in [1.165, 1.54) is 28.5 Å². The van der Waals surface area contributed by atoms with Gasteiger partial charge in [0.2, 0.25) is 0 Å². The summed E-state index contributed by atoms with van der Waals surface area (Å²) in [4.78, 5) is 8.12. The fourth-order valence-corrected chi connectivity index (χ4v) is 3.67. The normalized spacial score (nSPS) is 11.6.